The molecule has 100 valence electrons. The molecule has 1 aromatic carbocycles. The summed E-state index contributed by atoms with van der Waals surface area (Å²) in [5, 5.41) is 4.27. The van der Waals surface area contributed by atoms with Crippen LogP contribution in [0.25, 0.3) is 0 Å². The summed E-state index contributed by atoms with van der Waals surface area (Å²) in [6, 6.07) is 6.20. The molecule has 1 fully saturated rings. The van der Waals surface area contributed by atoms with E-state index in [9.17, 15) is 0 Å². The lowest BCUT2D eigenvalue weighted by atomic mass is 9.89. The van der Waals surface area contributed by atoms with Crippen molar-refractivity contribution >= 4 is 11.6 Å². The molecule has 1 N–H and O–H groups in total. The van der Waals surface area contributed by atoms with Crippen LogP contribution in [-0.4, -0.2) is 30.6 Å². The number of nitrogens with zero attached hydrogens (tertiary/aromatic N) is 1. The summed E-state index contributed by atoms with van der Waals surface area (Å²) >= 11 is 5.99. The maximum Gasteiger partial charge on any atom is 0.0408 e. The van der Waals surface area contributed by atoms with Crippen LogP contribution in [-0.2, 0) is 6.54 Å². The van der Waals surface area contributed by atoms with E-state index in [1.807, 2.05) is 6.07 Å². The second-order valence-corrected chi connectivity index (χ2v) is 6.09. The first kappa shape index (κ1) is 13.9. The Morgan fingerprint density at radius 1 is 1.33 bits per heavy atom. The van der Waals surface area contributed by atoms with Gasteiger partial charge in [-0.3, -0.25) is 4.90 Å². The molecule has 1 saturated heterocycles. The van der Waals surface area contributed by atoms with Gasteiger partial charge in [0.25, 0.3) is 0 Å². The highest BCUT2D eigenvalue weighted by Gasteiger charge is 2.28. The lowest BCUT2D eigenvalue weighted by molar-refractivity contribution is 0.146. The first-order valence-corrected chi connectivity index (χ1v) is 7.06. The normalized spacial score (nSPS) is 20.0. The molecule has 0 radical (unpaired) electrons. The van der Waals surface area contributed by atoms with Gasteiger partial charge in [0, 0.05) is 30.2 Å². The lowest BCUT2D eigenvalue weighted by Crippen LogP contribution is -2.49. The Morgan fingerprint density at radius 2 is 2.00 bits per heavy atom. The monoisotopic (exact) mass is 266 g/mol. The molecule has 0 atom stereocenters. The van der Waals surface area contributed by atoms with Crippen LogP contribution in [0.1, 0.15) is 30.9 Å². The van der Waals surface area contributed by atoms with E-state index < -0.39 is 0 Å². The van der Waals surface area contributed by atoms with Crippen LogP contribution < -0.4 is 5.32 Å². The minimum Gasteiger partial charge on any atom is -0.314 e. The third-order valence-corrected chi connectivity index (χ3v) is 4.50. The molecule has 3 heteroatoms. The first-order chi connectivity index (χ1) is 8.52. The maximum atomic E-state index is 5.99. The highest BCUT2D eigenvalue weighted by molar-refractivity contribution is 6.30. The van der Waals surface area contributed by atoms with E-state index in [-0.39, 0.29) is 0 Å². The fraction of sp³-hybridized carbons (Fsp3) is 0.600. The first-order valence-electron chi connectivity index (χ1n) is 6.69. The van der Waals surface area contributed by atoms with E-state index in [0.717, 1.165) is 11.6 Å². The Labute approximate surface area is 115 Å². The molecule has 1 aliphatic rings. The van der Waals surface area contributed by atoms with Gasteiger partial charge < -0.3 is 5.32 Å². The Kier molecular flexibility index (Phi) is 4.31. The largest absolute Gasteiger partial charge is 0.314 e. The minimum absolute atomic E-state index is 0.325. The van der Waals surface area contributed by atoms with Crippen molar-refractivity contribution in [2.75, 3.05) is 20.1 Å². The fourth-order valence-corrected chi connectivity index (χ4v) is 2.76. The van der Waals surface area contributed by atoms with Gasteiger partial charge in [0.15, 0.2) is 0 Å². The van der Waals surface area contributed by atoms with Gasteiger partial charge in [-0.15, -0.1) is 0 Å². The zero-order valence-corrected chi connectivity index (χ0v) is 12.3. The number of benzene rings is 1. The maximum absolute atomic E-state index is 5.99. The van der Waals surface area contributed by atoms with E-state index in [1.54, 1.807) is 0 Å². The molecule has 1 aliphatic heterocycles. The van der Waals surface area contributed by atoms with Crippen LogP contribution in [0.3, 0.4) is 0 Å². The Bertz CT molecular complexity index is 409. The van der Waals surface area contributed by atoms with E-state index in [1.165, 1.54) is 37.1 Å². The minimum atomic E-state index is 0.325. The van der Waals surface area contributed by atoms with Gasteiger partial charge >= 0.3 is 0 Å². The van der Waals surface area contributed by atoms with E-state index in [2.05, 4.69) is 43.2 Å². The van der Waals surface area contributed by atoms with Gasteiger partial charge in [-0.25, -0.2) is 0 Å². The van der Waals surface area contributed by atoms with Gasteiger partial charge in [-0.2, -0.15) is 0 Å². The zero-order valence-electron chi connectivity index (χ0n) is 11.6. The summed E-state index contributed by atoms with van der Waals surface area (Å²) in [6.07, 6.45) is 2.44. The topological polar surface area (TPSA) is 15.3 Å². The van der Waals surface area contributed by atoms with E-state index in [0.29, 0.717) is 5.54 Å². The molecular formula is C15H23ClN2. The predicted molar refractivity (Wildman–Crippen MR) is 78.2 cm³/mol. The average Bonchev–Trinajstić information content (AvgIpc) is 2.36. The van der Waals surface area contributed by atoms with Crippen molar-refractivity contribution in [3.05, 3.63) is 34.3 Å². The smallest absolute Gasteiger partial charge is 0.0408 e. The Morgan fingerprint density at radius 3 is 2.56 bits per heavy atom. The number of nitrogens with one attached hydrogen (secondary N) is 1. The second-order valence-electron chi connectivity index (χ2n) is 5.66. The second kappa shape index (κ2) is 5.60. The van der Waals surface area contributed by atoms with Crippen LogP contribution in [0.5, 0.6) is 0 Å². The lowest BCUT2D eigenvalue weighted by Gasteiger charge is -2.39. The summed E-state index contributed by atoms with van der Waals surface area (Å²) < 4.78 is 0. The van der Waals surface area contributed by atoms with Crippen LogP contribution in [0.4, 0.5) is 0 Å². The van der Waals surface area contributed by atoms with Crippen molar-refractivity contribution in [3.63, 3.8) is 0 Å². The number of aryl methyl sites for hydroxylation is 1. The quantitative estimate of drug-likeness (QED) is 0.904. The summed E-state index contributed by atoms with van der Waals surface area (Å²) in [5.74, 6) is 0. The highest BCUT2D eigenvalue weighted by Crippen LogP contribution is 2.23. The van der Waals surface area contributed by atoms with E-state index >= 15 is 0 Å². The van der Waals surface area contributed by atoms with Crippen molar-refractivity contribution in [1.29, 1.82) is 0 Å². The predicted octanol–water partition coefficient (Wildman–Crippen LogP) is 3.22. The molecule has 0 spiro atoms. The van der Waals surface area contributed by atoms with Crippen molar-refractivity contribution in [2.24, 2.45) is 0 Å². The molecule has 0 amide bonds. The third-order valence-electron chi connectivity index (χ3n) is 4.26. The Balaban J connectivity index is 1.95. The molecule has 1 aromatic rings. The highest BCUT2D eigenvalue weighted by atomic mass is 35.5. The number of hydrogen-bond acceptors (Lipinski definition) is 2. The molecule has 0 aliphatic carbocycles. The van der Waals surface area contributed by atoms with Crippen molar-refractivity contribution in [2.45, 2.75) is 38.8 Å². The van der Waals surface area contributed by atoms with Crippen molar-refractivity contribution < 1.29 is 0 Å². The number of piperidine rings is 1. The molecule has 1 heterocycles. The molecule has 2 rings (SSSR count). The van der Waals surface area contributed by atoms with Gasteiger partial charge in [0.05, 0.1) is 0 Å². The Hall–Kier alpha value is -0.570. The molecular weight excluding hydrogens is 244 g/mol. The average molecular weight is 267 g/mol. The van der Waals surface area contributed by atoms with Gasteiger partial charge in [-0.05, 0) is 57.0 Å². The van der Waals surface area contributed by atoms with Crippen LogP contribution >= 0.6 is 11.6 Å². The van der Waals surface area contributed by atoms with Crippen LogP contribution in [0, 0.1) is 6.92 Å². The van der Waals surface area contributed by atoms with E-state index in [4.69, 9.17) is 11.6 Å². The number of likely N-dealkylation sites (tertiary alicyclic amines) is 1. The van der Waals surface area contributed by atoms with Gasteiger partial charge in [0.1, 0.15) is 0 Å². The number of rotatable bonds is 3. The molecule has 0 unspecified atom stereocenters. The van der Waals surface area contributed by atoms with Gasteiger partial charge in [-0.1, -0.05) is 17.7 Å². The third kappa shape index (κ3) is 3.25. The molecule has 0 bridgehead atoms. The molecule has 0 aromatic heterocycles. The van der Waals surface area contributed by atoms with Gasteiger partial charge in [0.2, 0.25) is 0 Å². The van der Waals surface area contributed by atoms with Crippen molar-refractivity contribution in [1.82, 2.24) is 10.2 Å². The molecule has 18 heavy (non-hydrogen) atoms. The summed E-state index contributed by atoms with van der Waals surface area (Å²) in [7, 11) is 2.07. The van der Waals surface area contributed by atoms with Crippen molar-refractivity contribution in [3.8, 4) is 0 Å². The fourth-order valence-electron chi connectivity index (χ4n) is 2.53. The SMILES string of the molecule is CNC1(C)CCN(Cc2ccc(Cl)cc2C)CC1. The molecule has 0 saturated carbocycles. The standard InChI is InChI=1S/C15H23ClN2/c1-12-10-14(16)5-4-13(12)11-18-8-6-15(2,17-3)7-9-18/h4-5,10,17H,6-9,11H2,1-3H3. The van der Waals surface area contributed by atoms with Crippen LogP contribution in [0.2, 0.25) is 5.02 Å². The summed E-state index contributed by atoms with van der Waals surface area (Å²) in [5.41, 5.74) is 3.02. The summed E-state index contributed by atoms with van der Waals surface area (Å²) in [4.78, 5) is 2.54. The zero-order chi connectivity index (χ0) is 13.2. The molecule has 2 nitrogen and oxygen atoms in total. The summed E-state index contributed by atoms with van der Waals surface area (Å²) in [6.45, 7) is 7.84. The number of halogens is 1. The van der Waals surface area contributed by atoms with Crippen LogP contribution in [0.15, 0.2) is 18.2 Å². The number of hydrogen-bond donors (Lipinski definition) is 1.